The first-order valence-electron chi connectivity index (χ1n) is 14.5. The minimum atomic E-state index is 0.0201. The lowest BCUT2D eigenvalue weighted by Crippen LogP contribution is -2.04. The van der Waals surface area contributed by atoms with Crippen molar-refractivity contribution in [3.05, 3.63) is 132 Å². The van der Waals surface area contributed by atoms with E-state index in [2.05, 4.69) is 135 Å². The molecule has 0 saturated carbocycles. The van der Waals surface area contributed by atoms with E-state index in [0.717, 1.165) is 11.3 Å². The largest absolute Gasteiger partial charge is 0.0677 e. The van der Waals surface area contributed by atoms with Gasteiger partial charge in [0.2, 0.25) is 0 Å². The van der Waals surface area contributed by atoms with Crippen LogP contribution < -0.4 is 10.6 Å². The molecule has 2 heteroatoms. The second-order valence-electron chi connectivity index (χ2n) is 10.2. The molecule has 2 aliphatic heterocycles. The van der Waals surface area contributed by atoms with Crippen molar-refractivity contribution < 1.29 is 0 Å². The average molecular weight is 539 g/mol. The molecule has 2 heterocycles. The lowest BCUT2D eigenvalue weighted by Gasteiger charge is -2.21. The first-order chi connectivity index (χ1) is 18.8. The van der Waals surface area contributed by atoms with Crippen LogP contribution in [0, 0.1) is 0 Å². The highest BCUT2D eigenvalue weighted by Crippen LogP contribution is 2.59. The van der Waals surface area contributed by atoms with Gasteiger partial charge in [-0.25, -0.2) is 0 Å². The third-order valence-electron chi connectivity index (χ3n) is 7.55. The number of hydrogen-bond acceptors (Lipinski definition) is 0. The summed E-state index contributed by atoms with van der Waals surface area (Å²) in [4.78, 5) is 0. The van der Waals surface area contributed by atoms with Crippen molar-refractivity contribution in [2.75, 3.05) is 12.3 Å². The van der Waals surface area contributed by atoms with Crippen LogP contribution in [0.3, 0.4) is 0 Å². The maximum absolute atomic E-state index is 2.31. The first kappa shape index (κ1) is 28.7. The highest BCUT2D eigenvalue weighted by atomic mass is 31.1. The van der Waals surface area contributed by atoms with E-state index >= 15 is 0 Å². The van der Waals surface area contributed by atoms with Crippen molar-refractivity contribution in [1.29, 1.82) is 0 Å². The third kappa shape index (κ3) is 8.12. The van der Waals surface area contributed by atoms with Crippen LogP contribution in [0.15, 0.2) is 121 Å². The Balaban J connectivity index is 0.000000156. The average Bonchev–Trinajstić information content (AvgIpc) is 3.70. The van der Waals surface area contributed by atoms with Crippen molar-refractivity contribution in [2.45, 2.75) is 63.7 Å². The Hall–Kier alpha value is -2.26. The molecular weight excluding hydrogens is 494 g/mol. The van der Waals surface area contributed by atoms with E-state index in [9.17, 15) is 0 Å². The normalized spacial score (nSPS) is 22.1. The SMILES string of the molecule is CCCC.c1ccc(C2CCCP2c2ccccc2)cc1.c1ccc(C2CCCP2c2ccccc2)cc1. The Labute approximate surface area is 234 Å². The summed E-state index contributed by atoms with van der Waals surface area (Å²) < 4.78 is 0. The Morgan fingerprint density at radius 3 is 1.11 bits per heavy atom. The molecule has 0 amide bonds. The summed E-state index contributed by atoms with van der Waals surface area (Å²) in [6.45, 7) is 4.36. The summed E-state index contributed by atoms with van der Waals surface area (Å²) in [5.41, 5.74) is 4.65. The van der Waals surface area contributed by atoms with Crippen LogP contribution in [0.25, 0.3) is 0 Å². The molecule has 38 heavy (non-hydrogen) atoms. The lowest BCUT2D eigenvalue weighted by molar-refractivity contribution is 0.827. The minimum Gasteiger partial charge on any atom is -0.0677 e. The van der Waals surface area contributed by atoms with Gasteiger partial charge in [0, 0.05) is 11.3 Å². The molecule has 0 nitrogen and oxygen atoms in total. The van der Waals surface area contributed by atoms with E-state index in [4.69, 9.17) is 0 Å². The smallest absolute Gasteiger partial charge is 0.00820 e. The predicted molar refractivity (Wildman–Crippen MR) is 173 cm³/mol. The van der Waals surface area contributed by atoms with Crippen LogP contribution in [-0.4, -0.2) is 12.3 Å². The number of hydrogen-bond donors (Lipinski definition) is 0. The maximum Gasteiger partial charge on any atom is 0.00820 e. The number of rotatable bonds is 5. The van der Waals surface area contributed by atoms with Gasteiger partial charge in [-0.3, -0.25) is 0 Å². The predicted octanol–water partition coefficient (Wildman–Crippen LogP) is 10.5. The van der Waals surface area contributed by atoms with Gasteiger partial charge in [0.1, 0.15) is 0 Å². The van der Waals surface area contributed by atoms with Gasteiger partial charge >= 0.3 is 0 Å². The Kier molecular flexibility index (Phi) is 12.1. The van der Waals surface area contributed by atoms with Crippen molar-refractivity contribution in [3.8, 4) is 0 Å². The summed E-state index contributed by atoms with van der Waals surface area (Å²) in [7, 11) is 0.0401. The van der Waals surface area contributed by atoms with E-state index in [1.165, 1.54) is 50.8 Å². The van der Waals surface area contributed by atoms with Crippen molar-refractivity contribution in [2.24, 2.45) is 0 Å². The fraction of sp³-hybridized carbons (Fsp3) is 0.333. The van der Waals surface area contributed by atoms with E-state index < -0.39 is 0 Å². The molecule has 6 rings (SSSR count). The van der Waals surface area contributed by atoms with Gasteiger partial charge in [-0.1, -0.05) is 164 Å². The van der Waals surface area contributed by atoms with Gasteiger partial charge < -0.3 is 0 Å². The highest BCUT2D eigenvalue weighted by Gasteiger charge is 2.29. The van der Waals surface area contributed by atoms with E-state index in [1.807, 2.05) is 0 Å². The van der Waals surface area contributed by atoms with Crippen LogP contribution in [0.1, 0.15) is 74.8 Å². The quantitative estimate of drug-likeness (QED) is 0.222. The van der Waals surface area contributed by atoms with Crippen LogP contribution in [0.5, 0.6) is 0 Å². The van der Waals surface area contributed by atoms with Crippen LogP contribution in [-0.2, 0) is 0 Å². The monoisotopic (exact) mass is 538 g/mol. The molecule has 4 aromatic carbocycles. The zero-order chi connectivity index (χ0) is 26.4. The second-order valence-corrected chi connectivity index (χ2v) is 15.2. The number of benzene rings is 4. The third-order valence-corrected chi connectivity index (χ3v) is 13.7. The molecule has 0 aliphatic carbocycles. The zero-order valence-corrected chi connectivity index (χ0v) is 25.0. The van der Waals surface area contributed by atoms with Crippen LogP contribution in [0.2, 0.25) is 0 Å². The molecular formula is C36H44P2. The molecule has 2 saturated heterocycles. The zero-order valence-electron chi connectivity index (χ0n) is 23.3. The molecule has 0 radical (unpaired) electrons. The molecule has 0 spiro atoms. The number of unbranched alkanes of at least 4 members (excludes halogenated alkanes) is 1. The maximum atomic E-state index is 2.31. The summed E-state index contributed by atoms with van der Waals surface area (Å²) in [5, 5.41) is 3.16. The highest BCUT2D eigenvalue weighted by molar-refractivity contribution is 7.66. The van der Waals surface area contributed by atoms with Gasteiger partial charge in [-0.05, 0) is 59.7 Å². The van der Waals surface area contributed by atoms with Crippen LogP contribution >= 0.6 is 15.8 Å². The van der Waals surface area contributed by atoms with Gasteiger partial charge in [0.05, 0.1) is 0 Å². The summed E-state index contributed by atoms with van der Waals surface area (Å²) >= 11 is 0. The van der Waals surface area contributed by atoms with Gasteiger partial charge in [0.25, 0.3) is 0 Å². The first-order valence-corrected chi connectivity index (χ1v) is 17.7. The molecule has 4 atom stereocenters. The fourth-order valence-electron chi connectivity index (χ4n) is 5.43. The molecule has 4 unspecified atom stereocenters. The van der Waals surface area contributed by atoms with Crippen LogP contribution in [0.4, 0.5) is 0 Å². The lowest BCUT2D eigenvalue weighted by atomic mass is 10.1. The van der Waals surface area contributed by atoms with Crippen molar-refractivity contribution >= 4 is 26.5 Å². The van der Waals surface area contributed by atoms with Gasteiger partial charge in [0.15, 0.2) is 0 Å². The molecule has 198 valence electrons. The Bertz CT molecular complexity index is 959. The van der Waals surface area contributed by atoms with Gasteiger partial charge in [-0.2, -0.15) is 0 Å². The molecule has 0 bridgehead atoms. The second kappa shape index (κ2) is 16.0. The molecule has 0 N–H and O–H groups in total. The van der Waals surface area contributed by atoms with Crippen molar-refractivity contribution in [3.63, 3.8) is 0 Å². The summed E-state index contributed by atoms with van der Waals surface area (Å²) in [5.74, 6) is 0. The van der Waals surface area contributed by atoms with Gasteiger partial charge in [-0.15, -0.1) is 0 Å². The molecule has 2 fully saturated rings. The summed E-state index contributed by atoms with van der Waals surface area (Å²) in [6.07, 6.45) is 11.0. The van der Waals surface area contributed by atoms with E-state index in [0.29, 0.717) is 0 Å². The molecule has 0 aromatic heterocycles. The Morgan fingerprint density at radius 2 is 0.789 bits per heavy atom. The van der Waals surface area contributed by atoms with E-state index in [-0.39, 0.29) is 15.8 Å². The Morgan fingerprint density at radius 1 is 0.474 bits per heavy atom. The van der Waals surface area contributed by atoms with Crippen molar-refractivity contribution in [1.82, 2.24) is 0 Å². The minimum absolute atomic E-state index is 0.0201. The fourth-order valence-corrected chi connectivity index (χ4v) is 11.5. The molecule has 2 aliphatic rings. The van der Waals surface area contributed by atoms with E-state index in [1.54, 1.807) is 21.7 Å². The summed E-state index contributed by atoms with van der Waals surface area (Å²) in [6, 6.07) is 44.3. The standard InChI is InChI=1S/2C16H17P.C4H10/c2*1-3-8-14(9-4-1)16-12-7-13-17(16)15-10-5-2-6-11-15;1-3-4-2/h2*1-6,8-11,16H,7,12-13H2;3-4H2,1-2H3. The molecule has 4 aromatic rings. The topological polar surface area (TPSA) is 0 Å².